The fourth-order valence-corrected chi connectivity index (χ4v) is 4.85. The topological polar surface area (TPSA) is 62.5 Å². The van der Waals surface area contributed by atoms with Crippen molar-refractivity contribution in [2.45, 2.75) is 12.8 Å². The van der Waals surface area contributed by atoms with Gasteiger partial charge in [0.2, 0.25) is 0 Å². The molecule has 0 saturated carbocycles. The van der Waals surface area contributed by atoms with E-state index in [9.17, 15) is 4.79 Å². The van der Waals surface area contributed by atoms with Gasteiger partial charge in [0, 0.05) is 53.1 Å². The molecule has 162 valence electrons. The molecular formula is C26H25ClN4O. The zero-order valence-electron chi connectivity index (χ0n) is 18.0. The third-order valence-electron chi connectivity index (χ3n) is 6.37. The molecule has 0 aliphatic carbocycles. The van der Waals surface area contributed by atoms with Gasteiger partial charge in [0.25, 0.3) is 5.91 Å². The molecule has 0 saturated heterocycles. The summed E-state index contributed by atoms with van der Waals surface area (Å²) < 4.78 is 0. The molecule has 2 N–H and O–H groups in total. The molecule has 5 nitrogen and oxygen atoms in total. The number of nitrogens with zero attached hydrogens (tertiary/aromatic N) is 3. The number of pyridine rings is 1. The Balaban J connectivity index is 1.57. The Bertz CT molecular complexity index is 1220. The lowest BCUT2D eigenvalue weighted by Crippen LogP contribution is -2.42. The lowest BCUT2D eigenvalue weighted by atomic mass is 9.88. The van der Waals surface area contributed by atoms with Crippen molar-refractivity contribution in [3.63, 3.8) is 0 Å². The number of halogens is 1. The van der Waals surface area contributed by atoms with Crippen molar-refractivity contribution in [3.05, 3.63) is 82.5 Å². The van der Waals surface area contributed by atoms with Gasteiger partial charge in [-0.25, -0.2) is 5.84 Å². The summed E-state index contributed by atoms with van der Waals surface area (Å²) in [6.45, 7) is 2.53. The van der Waals surface area contributed by atoms with E-state index in [1.807, 2.05) is 12.1 Å². The molecule has 32 heavy (non-hydrogen) atoms. The van der Waals surface area contributed by atoms with Crippen molar-refractivity contribution in [3.8, 4) is 22.4 Å². The van der Waals surface area contributed by atoms with Crippen LogP contribution in [0.15, 0.2) is 60.8 Å². The lowest BCUT2D eigenvalue weighted by molar-refractivity contribution is 0.0740. The van der Waals surface area contributed by atoms with E-state index in [0.717, 1.165) is 47.5 Å². The van der Waals surface area contributed by atoms with E-state index in [4.69, 9.17) is 22.4 Å². The van der Waals surface area contributed by atoms with Crippen LogP contribution in [-0.2, 0) is 6.42 Å². The van der Waals surface area contributed by atoms with E-state index in [2.05, 4.69) is 42.3 Å². The normalized spacial score (nSPS) is 16.7. The van der Waals surface area contributed by atoms with Crippen LogP contribution in [0.1, 0.15) is 27.9 Å². The number of rotatable bonds is 3. The minimum atomic E-state index is -0.176. The Morgan fingerprint density at radius 3 is 2.50 bits per heavy atom. The first-order valence-electron chi connectivity index (χ1n) is 10.8. The molecule has 0 bridgehead atoms. The smallest absolute Gasteiger partial charge is 0.268 e. The molecule has 3 heterocycles. The van der Waals surface area contributed by atoms with Gasteiger partial charge in [0.05, 0.1) is 5.69 Å². The summed E-state index contributed by atoms with van der Waals surface area (Å²) in [5.41, 5.74) is 7.87. The molecule has 6 heteroatoms. The second kappa shape index (κ2) is 8.51. The number of fused-ring (bicyclic) bond motifs is 1. The predicted octanol–water partition coefficient (Wildman–Crippen LogP) is 4.66. The van der Waals surface area contributed by atoms with E-state index < -0.39 is 0 Å². The van der Waals surface area contributed by atoms with Crippen molar-refractivity contribution >= 4 is 23.1 Å². The quantitative estimate of drug-likeness (QED) is 0.471. The van der Waals surface area contributed by atoms with Crippen LogP contribution in [0.25, 0.3) is 28.0 Å². The fourth-order valence-electron chi connectivity index (χ4n) is 4.57. The van der Waals surface area contributed by atoms with Gasteiger partial charge in [-0.05, 0) is 54.8 Å². The third kappa shape index (κ3) is 3.73. The minimum Gasteiger partial charge on any atom is -0.302 e. The van der Waals surface area contributed by atoms with Gasteiger partial charge in [-0.1, -0.05) is 48.0 Å². The number of benzene rings is 2. The Kier molecular flexibility index (Phi) is 5.55. The SMILES string of the molecule is CN1CC=C(c2ccc(-c3ncccc3-c3c(Cl)ccc4c3CCN(N)C4=O)cc2)CC1. The molecule has 2 aliphatic heterocycles. The van der Waals surface area contributed by atoms with Gasteiger partial charge in [-0.2, -0.15) is 0 Å². The van der Waals surface area contributed by atoms with Crippen molar-refractivity contribution in [1.29, 1.82) is 0 Å². The van der Waals surface area contributed by atoms with Crippen molar-refractivity contribution in [1.82, 2.24) is 14.9 Å². The first-order valence-corrected chi connectivity index (χ1v) is 11.2. The number of hydrazine groups is 1. The summed E-state index contributed by atoms with van der Waals surface area (Å²) in [6.07, 6.45) is 5.81. The van der Waals surface area contributed by atoms with Crippen molar-refractivity contribution in [2.75, 3.05) is 26.7 Å². The maximum atomic E-state index is 12.6. The molecule has 5 rings (SSSR count). The average molecular weight is 445 g/mol. The average Bonchev–Trinajstić information content (AvgIpc) is 2.82. The van der Waals surface area contributed by atoms with E-state index in [-0.39, 0.29) is 5.91 Å². The summed E-state index contributed by atoms with van der Waals surface area (Å²) in [5.74, 6) is 5.68. The van der Waals surface area contributed by atoms with E-state index >= 15 is 0 Å². The van der Waals surface area contributed by atoms with E-state index in [0.29, 0.717) is 23.6 Å². The zero-order valence-corrected chi connectivity index (χ0v) is 18.8. The van der Waals surface area contributed by atoms with Crippen LogP contribution in [0.4, 0.5) is 0 Å². The third-order valence-corrected chi connectivity index (χ3v) is 6.69. The van der Waals surface area contributed by atoms with E-state index in [1.165, 1.54) is 16.1 Å². The minimum absolute atomic E-state index is 0.176. The van der Waals surface area contributed by atoms with Crippen LogP contribution in [0, 0.1) is 0 Å². The summed E-state index contributed by atoms with van der Waals surface area (Å²) in [4.78, 5) is 19.6. The Morgan fingerprint density at radius 1 is 0.969 bits per heavy atom. The molecule has 0 radical (unpaired) electrons. The highest BCUT2D eigenvalue weighted by atomic mass is 35.5. The Hall–Kier alpha value is -2.99. The number of hydrogen-bond acceptors (Lipinski definition) is 4. The van der Waals surface area contributed by atoms with Crippen LogP contribution >= 0.6 is 11.6 Å². The van der Waals surface area contributed by atoms with Gasteiger partial charge >= 0.3 is 0 Å². The van der Waals surface area contributed by atoms with E-state index in [1.54, 1.807) is 18.3 Å². The molecular weight excluding hydrogens is 420 g/mol. The number of hydrogen-bond donors (Lipinski definition) is 1. The monoisotopic (exact) mass is 444 g/mol. The van der Waals surface area contributed by atoms with Gasteiger partial charge in [-0.15, -0.1) is 0 Å². The highest BCUT2D eigenvalue weighted by Gasteiger charge is 2.27. The molecule has 0 unspecified atom stereocenters. The first kappa shape index (κ1) is 20.9. The van der Waals surface area contributed by atoms with Crippen molar-refractivity contribution < 1.29 is 4.79 Å². The van der Waals surface area contributed by atoms with Crippen LogP contribution in [0.2, 0.25) is 5.02 Å². The summed E-state index contributed by atoms with van der Waals surface area (Å²) in [6, 6.07) is 16.1. The summed E-state index contributed by atoms with van der Waals surface area (Å²) >= 11 is 6.68. The largest absolute Gasteiger partial charge is 0.302 e. The summed E-state index contributed by atoms with van der Waals surface area (Å²) in [5, 5.41) is 1.88. The van der Waals surface area contributed by atoms with Crippen LogP contribution < -0.4 is 5.84 Å². The molecule has 2 aliphatic rings. The maximum Gasteiger partial charge on any atom is 0.268 e. The molecule has 3 aromatic rings. The standard InChI is InChI=1S/C26H25ClN4O/c1-30-14-10-18(11-15-30)17-4-6-19(7-5-17)25-22(3-2-13-29-25)24-20-12-16-31(28)26(32)21(20)8-9-23(24)27/h2-10,13H,11-12,14-16,28H2,1H3. The van der Waals surface area contributed by atoms with Gasteiger partial charge in [0.1, 0.15) is 0 Å². The number of nitrogens with two attached hydrogens (primary N) is 1. The van der Waals surface area contributed by atoms with Crippen LogP contribution in [-0.4, -0.2) is 47.5 Å². The van der Waals surface area contributed by atoms with Crippen molar-refractivity contribution in [2.24, 2.45) is 5.84 Å². The molecule has 1 aromatic heterocycles. The fraction of sp³-hybridized carbons (Fsp3) is 0.231. The highest BCUT2D eigenvalue weighted by Crippen LogP contribution is 2.40. The predicted molar refractivity (Wildman–Crippen MR) is 129 cm³/mol. The second-order valence-corrected chi connectivity index (χ2v) is 8.82. The number of likely N-dealkylation sites (N-methyl/N-ethyl adjacent to an activating group) is 1. The molecule has 0 atom stereocenters. The molecule has 0 fully saturated rings. The molecule has 2 aromatic carbocycles. The maximum absolute atomic E-state index is 12.6. The Morgan fingerprint density at radius 2 is 1.75 bits per heavy atom. The van der Waals surface area contributed by atoms with Crippen LogP contribution in [0.3, 0.4) is 0 Å². The highest BCUT2D eigenvalue weighted by molar-refractivity contribution is 6.34. The number of aromatic nitrogens is 1. The van der Waals surface area contributed by atoms with Gasteiger partial charge < -0.3 is 4.90 Å². The van der Waals surface area contributed by atoms with Gasteiger partial charge in [0.15, 0.2) is 0 Å². The number of carbonyl (C=O) groups is 1. The first-order chi connectivity index (χ1) is 15.5. The summed E-state index contributed by atoms with van der Waals surface area (Å²) in [7, 11) is 2.14. The number of carbonyl (C=O) groups excluding carboxylic acids is 1. The Labute approximate surface area is 193 Å². The number of amides is 1. The lowest BCUT2D eigenvalue weighted by Gasteiger charge is -2.27. The van der Waals surface area contributed by atoms with Crippen LogP contribution in [0.5, 0.6) is 0 Å². The van der Waals surface area contributed by atoms with Gasteiger partial charge in [-0.3, -0.25) is 14.8 Å². The second-order valence-electron chi connectivity index (χ2n) is 8.42. The zero-order chi connectivity index (χ0) is 22.2. The molecule has 1 amide bonds. The molecule has 0 spiro atoms.